The van der Waals surface area contributed by atoms with Crippen molar-refractivity contribution in [1.29, 1.82) is 0 Å². The summed E-state index contributed by atoms with van der Waals surface area (Å²) in [6.07, 6.45) is 14.9. The van der Waals surface area contributed by atoms with Crippen molar-refractivity contribution in [2.75, 3.05) is 20.2 Å². The van der Waals surface area contributed by atoms with Crippen LogP contribution in [0.15, 0.2) is 35.1 Å². The van der Waals surface area contributed by atoms with Crippen LogP contribution in [0.3, 0.4) is 0 Å². The zero-order valence-corrected chi connectivity index (χ0v) is 18.7. The predicted molar refractivity (Wildman–Crippen MR) is 116 cm³/mol. The SMILES string of the molecule is COC(=O)/C=C1\CC[C@@H]2[C@H]3CC=C4C=C(N5CCCC5)CC[C@]4(C)[C@@H]3C(=O)C[C@]12C. The molecule has 0 amide bonds. The van der Waals surface area contributed by atoms with E-state index < -0.39 is 0 Å². The smallest absolute Gasteiger partial charge is 0.330 e. The number of esters is 1. The minimum atomic E-state index is -0.286. The number of fused-ring (bicyclic) bond motifs is 5. The molecule has 3 fully saturated rings. The normalized spacial score (nSPS) is 41.7. The maximum absolute atomic E-state index is 13.7. The van der Waals surface area contributed by atoms with Crippen LogP contribution < -0.4 is 0 Å². The number of likely N-dealkylation sites (tertiary alicyclic amines) is 1. The van der Waals surface area contributed by atoms with E-state index in [1.807, 2.05) is 0 Å². The molecule has 30 heavy (non-hydrogen) atoms. The third kappa shape index (κ3) is 2.85. The van der Waals surface area contributed by atoms with Gasteiger partial charge in [-0.3, -0.25) is 4.79 Å². The predicted octanol–water partition coefficient (Wildman–Crippen LogP) is 4.82. The van der Waals surface area contributed by atoms with E-state index in [1.54, 1.807) is 6.08 Å². The van der Waals surface area contributed by atoms with Crippen molar-refractivity contribution in [2.45, 2.75) is 65.2 Å². The van der Waals surface area contributed by atoms with Crippen LogP contribution in [-0.2, 0) is 14.3 Å². The third-order valence-electron chi connectivity index (χ3n) is 9.29. The first-order valence-electron chi connectivity index (χ1n) is 11.8. The molecule has 0 aromatic rings. The minimum Gasteiger partial charge on any atom is -0.466 e. The number of carbonyl (C=O) groups excluding carboxylic acids is 2. The summed E-state index contributed by atoms with van der Waals surface area (Å²) >= 11 is 0. The Morgan fingerprint density at radius 3 is 2.70 bits per heavy atom. The summed E-state index contributed by atoms with van der Waals surface area (Å²) in [5, 5.41) is 0. The Balaban J connectivity index is 1.48. The molecule has 0 radical (unpaired) electrons. The van der Waals surface area contributed by atoms with E-state index in [0.717, 1.165) is 37.7 Å². The highest BCUT2D eigenvalue weighted by molar-refractivity contribution is 5.87. The van der Waals surface area contributed by atoms with E-state index in [2.05, 4.69) is 30.9 Å². The van der Waals surface area contributed by atoms with Crippen LogP contribution >= 0.6 is 0 Å². The van der Waals surface area contributed by atoms with Gasteiger partial charge in [-0.15, -0.1) is 0 Å². The van der Waals surface area contributed by atoms with Crippen molar-refractivity contribution < 1.29 is 14.3 Å². The van der Waals surface area contributed by atoms with Crippen LogP contribution in [0, 0.1) is 28.6 Å². The molecule has 4 heteroatoms. The largest absolute Gasteiger partial charge is 0.466 e. The second-order valence-corrected chi connectivity index (χ2v) is 10.7. The Bertz CT molecular complexity index is 862. The highest BCUT2D eigenvalue weighted by Gasteiger charge is 2.60. The number of hydrogen-bond acceptors (Lipinski definition) is 4. The molecule has 1 heterocycles. The quantitative estimate of drug-likeness (QED) is 0.485. The molecule has 0 N–H and O–H groups in total. The molecule has 1 saturated heterocycles. The van der Waals surface area contributed by atoms with Crippen molar-refractivity contribution >= 4 is 11.8 Å². The first-order chi connectivity index (χ1) is 14.4. The van der Waals surface area contributed by atoms with Crippen molar-refractivity contribution in [3.8, 4) is 0 Å². The minimum absolute atomic E-state index is 0.0284. The molecule has 0 spiro atoms. The van der Waals surface area contributed by atoms with E-state index in [0.29, 0.717) is 24.0 Å². The number of hydrogen-bond donors (Lipinski definition) is 0. The summed E-state index contributed by atoms with van der Waals surface area (Å²) in [6, 6.07) is 0. The van der Waals surface area contributed by atoms with Gasteiger partial charge in [-0.2, -0.15) is 0 Å². The summed E-state index contributed by atoms with van der Waals surface area (Å²) in [6.45, 7) is 6.96. The summed E-state index contributed by atoms with van der Waals surface area (Å²) in [5.41, 5.74) is 3.83. The van der Waals surface area contributed by atoms with Gasteiger partial charge in [0.1, 0.15) is 5.78 Å². The monoisotopic (exact) mass is 409 g/mol. The molecule has 2 saturated carbocycles. The van der Waals surface area contributed by atoms with Gasteiger partial charge in [0.2, 0.25) is 0 Å². The van der Waals surface area contributed by atoms with Crippen LogP contribution in [0.4, 0.5) is 0 Å². The fraction of sp³-hybridized carbons (Fsp3) is 0.692. The maximum atomic E-state index is 13.7. The average Bonchev–Trinajstić information content (AvgIpc) is 3.35. The highest BCUT2D eigenvalue weighted by atomic mass is 16.5. The summed E-state index contributed by atoms with van der Waals surface area (Å²) in [4.78, 5) is 28.2. The molecule has 4 aliphatic carbocycles. The second kappa shape index (κ2) is 7.10. The number of methoxy groups -OCH3 is 1. The van der Waals surface area contributed by atoms with E-state index in [4.69, 9.17) is 4.74 Å². The maximum Gasteiger partial charge on any atom is 0.330 e. The molecule has 1 aliphatic heterocycles. The molecule has 4 nitrogen and oxygen atoms in total. The molecule has 0 bridgehead atoms. The zero-order valence-electron chi connectivity index (χ0n) is 18.7. The van der Waals surface area contributed by atoms with Crippen molar-refractivity contribution in [3.63, 3.8) is 0 Å². The Labute approximate surface area is 180 Å². The first kappa shape index (κ1) is 20.1. The van der Waals surface area contributed by atoms with Gasteiger partial charge >= 0.3 is 5.97 Å². The summed E-state index contributed by atoms with van der Waals surface area (Å²) < 4.78 is 4.89. The third-order valence-corrected chi connectivity index (χ3v) is 9.29. The van der Waals surface area contributed by atoms with Gasteiger partial charge in [0.15, 0.2) is 0 Å². The Morgan fingerprint density at radius 2 is 1.97 bits per heavy atom. The molecule has 5 atom stereocenters. The fourth-order valence-corrected chi connectivity index (χ4v) is 7.69. The number of ether oxygens (including phenoxy) is 1. The standard InChI is InChI=1S/C26H35NO3/c1-25-11-10-19(27-12-4-5-13-27)14-17(25)6-8-20-21-9-7-18(15-23(29)30-3)26(21,2)16-22(28)24(20)25/h6,14-15,20-21,24H,4-5,7-13,16H2,1-3H3/b18-15+/t20-,21-,24+,25+,26-/m1/s1. The summed E-state index contributed by atoms with van der Waals surface area (Å²) in [5.74, 6) is 1.14. The van der Waals surface area contributed by atoms with Gasteiger partial charge in [0.05, 0.1) is 7.11 Å². The molecule has 0 unspecified atom stereocenters. The first-order valence-corrected chi connectivity index (χ1v) is 11.8. The van der Waals surface area contributed by atoms with Gasteiger partial charge < -0.3 is 9.64 Å². The lowest BCUT2D eigenvalue weighted by atomic mass is 9.48. The van der Waals surface area contributed by atoms with Crippen molar-refractivity contribution in [3.05, 3.63) is 35.1 Å². The lowest BCUT2D eigenvalue weighted by Gasteiger charge is -2.55. The zero-order chi connectivity index (χ0) is 21.1. The Morgan fingerprint density at radius 1 is 1.20 bits per heavy atom. The second-order valence-electron chi connectivity index (χ2n) is 10.7. The van der Waals surface area contributed by atoms with Gasteiger partial charge in [0, 0.05) is 42.6 Å². The molecule has 0 aromatic heterocycles. The van der Waals surface area contributed by atoms with Gasteiger partial charge in [0.25, 0.3) is 0 Å². The number of allylic oxidation sites excluding steroid dienone is 5. The Hall–Kier alpha value is -1.84. The molecule has 162 valence electrons. The number of rotatable bonds is 2. The lowest BCUT2D eigenvalue weighted by Crippen LogP contribution is -2.53. The van der Waals surface area contributed by atoms with Crippen LogP contribution in [0.2, 0.25) is 0 Å². The number of nitrogens with zero attached hydrogens (tertiary/aromatic N) is 1. The van der Waals surface area contributed by atoms with E-state index in [-0.39, 0.29) is 22.7 Å². The van der Waals surface area contributed by atoms with Crippen molar-refractivity contribution in [2.24, 2.45) is 28.6 Å². The van der Waals surface area contributed by atoms with E-state index in [1.165, 1.54) is 44.3 Å². The fourth-order valence-electron chi connectivity index (χ4n) is 7.69. The number of carbonyl (C=O) groups is 2. The Kier molecular flexibility index (Phi) is 4.75. The van der Waals surface area contributed by atoms with E-state index >= 15 is 0 Å². The highest BCUT2D eigenvalue weighted by Crippen LogP contribution is 2.64. The number of Topliss-reactive ketones (excluding diaryl/α,β-unsaturated/α-hetero) is 1. The van der Waals surface area contributed by atoms with Crippen LogP contribution in [0.25, 0.3) is 0 Å². The molecule has 5 rings (SSSR count). The molecule has 0 aromatic carbocycles. The average molecular weight is 410 g/mol. The van der Waals surface area contributed by atoms with Crippen LogP contribution in [-0.4, -0.2) is 36.9 Å². The topological polar surface area (TPSA) is 46.6 Å². The molecular weight excluding hydrogens is 374 g/mol. The number of ketones is 1. The van der Waals surface area contributed by atoms with Crippen molar-refractivity contribution in [1.82, 2.24) is 4.90 Å². The van der Waals surface area contributed by atoms with Gasteiger partial charge in [-0.1, -0.05) is 25.5 Å². The van der Waals surface area contributed by atoms with Crippen LogP contribution in [0.1, 0.15) is 65.2 Å². The molecule has 5 aliphatic rings. The van der Waals surface area contributed by atoms with Gasteiger partial charge in [-0.25, -0.2) is 4.79 Å². The summed E-state index contributed by atoms with van der Waals surface area (Å²) in [7, 11) is 1.43. The van der Waals surface area contributed by atoms with Crippen LogP contribution in [0.5, 0.6) is 0 Å². The molecular formula is C26H35NO3. The van der Waals surface area contributed by atoms with E-state index in [9.17, 15) is 9.59 Å². The van der Waals surface area contributed by atoms with Gasteiger partial charge in [-0.05, 0) is 73.8 Å². The lowest BCUT2D eigenvalue weighted by molar-refractivity contribution is -0.140.